The number of carbonyl (C=O) groups is 1. The van der Waals surface area contributed by atoms with Gasteiger partial charge in [-0.05, 0) is 32.9 Å². The number of hydrogen-bond donors (Lipinski definition) is 1. The Morgan fingerprint density at radius 2 is 2.10 bits per heavy atom. The van der Waals surface area contributed by atoms with Gasteiger partial charge in [0.25, 0.3) is 12.3 Å². The highest BCUT2D eigenvalue weighted by atomic mass is 19.3. The number of carbonyl (C=O) groups excluding carboxylic acids is 1. The number of pyridine rings is 2. The molecule has 1 amide bonds. The molecule has 1 N–H and O–H groups in total. The third-order valence-electron chi connectivity index (χ3n) is 4.25. The molecule has 0 saturated heterocycles. The number of nitrogens with one attached hydrogen (secondary N) is 1. The third-order valence-corrected chi connectivity index (χ3v) is 4.25. The average Bonchev–Trinajstić information content (AvgIpc) is 3.12. The highest BCUT2D eigenvalue weighted by Crippen LogP contribution is 2.29. The zero-order valence-corrected chi connectivity index (χ0v) is 16.1. The molecule has 29 heavy (non-hydrogen) atoms. The van der Waals surface area contributed by atoms with Gasteiger partial charge in [-0.15, -0.1) is 0 Å². The number of alkyl halides is 2. The number of ether oxygens (including phenoxy) is 1. The molecule has 0 spiro atoms. The Hall–Kier alpha value is -3.54. The lowest BCUT2D eigenvalue weighted by Crippen LogP contribution is -2.16. The minimum Gasteiger partial charge on any atom is -0.491 e. The molecule has 0 aliphatic rings. The van der Waals surface area contributed by atoms with E-state index in [9.17, 15) is 18.8 Å². The average molecular weight is 399 g/mol. The summed E-state index contributed by atoms with van der Waals surface area (Å²) in [4.78, 5) is 20.7. The van der Waals surface area contributed by atoms with E-state index in [1.165, 1.54) is 12.1 Å². The number of amides is 1. The lowest BCUT2D eigenvalue weighted by molar-refractivity contribution is 0.101. The SMILES string of the molecule is CCOc1cc2nc(C(C)(C)C#N)cn2cc1NC(=O)c1cccc(C(F)F)n1. The van der Waals surface area contributed by atoms with E-state index in [2.05, 4.69) is 21.4 Å². The van der Waals surface area contributed by atoms with E-state index < -0.39 is 23.4 Å². The maximum Gasteiger partial charge on any atom is 0.280 e. The Morgan fingerprint density at radius 1 is 1.34 bits per heavy atom. The number of fused-ring (bicyclic) bond motifs is 1. The number of nitriles is 1. The van der Waals surface area contributed by atoms with Crippen molar-refractivity contribution in [3.05, 3.63) is 53.7 Å². The van der Waals surface area contributed by atoms with Crippen LogP contribution in [0.3, 0.4) is 0 Å². The number of aromatic nitrogens is 3. The van der Waals surface area contributed by atoms with E-state index in [0.29, 0.717) is 29.4 Å². The zero-order chi connectivity index (χ0) is 21.2. The molecular formula is C20H19F2N5O2. The van der Waals surface area contributed by atoms with E-state index >= 15 is 0 Å². The van der Waals surface area contributed by atoms with Crippen molar-refractivity contribution in [3.63, 3.8) is 0 Å². The molecule has 0 bridgehead atoms. The molecular weight excluding hydrogens is 380 g/mol. The molecule has 0 aromatic carbocycles. The predicted molar refractivity (Wildman–Crippen MR) is 102 cm³/mol. The summed E-state index contributed by atoms with van der Waals surface area (Å²) in [6.45, 7) is 5.64. The molecule has 3 heterocycles. The minimum absolute atomic E-state index is 0.137. The second-order valence-corrected chi connectivity index (χ2v) is 6.82. The van der Waals surface area contributed by atoms with Crippen LogP contribution in [0, 0.1) is 11.3 Å². The molecule has 0 unspecified atom stereocenters. The van der Waals surface area contributed by atoms with Crippen molar-refractivity contribution in [2.45, 2.75) is 32.6 Å². The standard InChI is InChI=1S/C20H19F2N5O2/c1-4-29-15-8-17-26-16(20(2,3)11-23)10-27(17)9-14(15)25-19(28)13-7-5-6-12(24-13)18(21)22/h5-10,18H,4H2,1-3H3,(H,25,28). The van der Waals surface area contributed by atoms with Gasteiger partial charge in [0, 0.05) is 18.5 Å². The summed E-state index contributed by atoms with van der Waals surface area (Å²) < 4.78 is 33.0. The highest BCUT2D eigenvalue weighted by molar-refractivity contribution is 6.03. The monoisotopic (exact) mass is 399 g/mol. The Balaban J connectivity index is 1.99. The van der Waals surface area contributed by atoms with Gasteiger partial charge < -0.3 is 14.5 Å². The summed E-state index contributed by atoms with van der Waals surface area (Å²) in [6, 6.07) is 7.69. The maximum absolute atomic E-state index is 12.9. The van der Waals surface area contributed by atoms with Crippen LogP contribution in [0.4, 0.5) is 14.5 Å². The van der Waals surface area contributed by atoms with Gasteiger partial charge in [0.2, 0.25) is 0 Å². The first-order valence-electron chi connectivity index (χ1n) is 8.89. The zero-order valence-electron chi connectivity index (χ0n) is 16.1. The summed E-state index contributed by atoms with van der Waals surface area (Å²) in [5.74, 6) is -0.282. The number of halogens is 2. The molecule has 3 aromatic heterocycles. The van der Waals surface area contributed by atoms with Crippen LogP contribution in [0.2, 0.25) is 0 Å². The number of anilines is 1. The van der Waals surface area contributed by atoms with E-state index in [1.54, 1.807) is 43.6 Å². The Labute approximate surface area is 166 Å². The summed E-state index contributed by atoms with van der Waals surface area (Å²) in [5.41, 5.74) is 0.0337. The normalized spacial score (nSPS) is 11.5. The first-order valence-corrected chi connectivity index (χ1v) is 8.89. The van der Waals surface area contributed by atoms with Gasteiger partial charge in [-0.2, -0.15) is 5.26 Å². The fraction of sp³-hybridized carbons (Fsp3) is 0.300. The second-order valence-electron chi connectivity index (χ2n) is 6.82. The van der Waals surface area contributed by atoms with Gasteiger partial charge in [0.15, 0.2) is 0 Å². The Bertz CT molecular complexity index is 1100. The predicted octanol–water partition coefficient (Wildman–Crippen LogP) is 4.12. The fourth-order valence-electron chi connectivity index (χ4n) is 2.63. The molecule has 0 fully saturated rings. The van der Waals surface area contributed by atoms with Crippen LogP contribution in [0.1, 0.15) is 49.1 Å². The van der Waals surface area contributed by atoms with Gasteiger partial charge in [-0.1, -0.05) is 6.07 Å². The Morgan fingerprint density at radius 3 is 2.76 bits per heavy atom. The smallest absolute Gasteiger partial charge is 0.280 e. The molecule has 3 aromatic rings. The van der Waals surface area contributed by atoms with E-state index in [1.807, 2.05) is 0 Å². The van der Waals surface area contributed by atoms with Crippen LogP contribution in [0.25, 0.3) is 5.65 Å². The minimum atomic E-state index is -2.77. The van der Waals surface area contributed by atoms with Gasteiger partial charge in [-0.25, -0.2) is 18.7 Å². The van der Waals surface area contributed by atoms with Crippen molar-refractivity contribution >= 4 is 17.2 Å². The van der Waals surface area contributed by atoms with Crippen molar-refractivity contribution in [3.8, 4) is 11.8 Å². The summed E-state index contributed by atoms with van der Waals surface area (Å²) in [5, 5.41) is 12.0. The summed E-state index contributed by atoms with van der Waals surface area (Å²) in [6.07, 6.45) is 0.518. The number of nitrogens with zero attached hydrogens (tertiary/aromatic N) is 4. The molecule has 150 valence electrons. The molecule has 3 rings (SSSR count). The molecule has 0 aliphatic carbocycles. The summed E-state index contributed by atoms with van der Waals surface area (Å²) in [7, 11) is 0. The molecule has 0 aliphatic heterocycles. The van der Waals surface area contributed by atoms with Crippen molar-refractivity contribution < 1.29 is 18.3 Å². The molecule has 7 nitrogen and oxygen atoms in total. The highest BCUT2D eigenvalue weighted by Gasteiger charge is 2.24. The lowest BCUT2D eigenvalue weighted by atomic mass is 9.92. The van der Waals surface area contributed by atoms with Gasteiger partial charge >= 0.3 is 0 Å². The maximum atomic E-state index is 12.9. The van der Waals surface area contributed by atoms with Crippen LogP contribution in [0.5, 0.6) is 5.75 Å². The van der Waals surface area contributed by atoms with Crippen molar-refractivity contribution in [2.24, 2.45) is 0 Å². The van der Waals surface area contributed by atoms with E-state index in [-0.39, 0.29) is 5.69 Å². The van der Waals surface area contributed by atoms with E-state index in [0.717, 1.165) is 6.07 Å². The van der Waals surface area contributed by atoms with Crippen molar-refractivity contribution in [1.29, 1.82) is 5.26 Å². The molecule has 0 radical (unpaired) electrons. The second kappa shape index (κ2) is 7.83. The largest absolute Gasteiger partial charge is 0.491 e. The van der Waals surface area contributed by atoms with Crippen LogP contribution < -0.4 is 10.1 Å². The number of hydrogen-bond acceptors (Lipinski definition) is 5. The summed E-state index contributed by atoms with van der Waals surface area (Å²) >= 11 is 0. The van der Waals surface area contributed by atoms with Crippen LogP contribution in [-0.4, -0.2) is 26.9 Å². The molecule has 0 saturated carbocycles. The van der Waals surface area contributed by atoms with Crippen molar-refractivity contribution in [1.82, 2.24) is 14.4 Å². The lowest BCUT2D eigenvalue weighted by Gasteiger charge is -2.12. The van der Waals surface area contributed by atoms with Crippen LogP contribution in [-0.2, 0) is 5.41 Å². The quantitative estimate of drug-likeness (QED) is 0.673. The molecule has 0 atom stereocenters. The number of rotatable bonds is 6. The first-order chi connectivity index (χ1) is 13.7. The topological polar surface area (TPSA) is 92.3 Å². The Kier molecular flexibility index (Phi) is 5.46. The van der Waals surface area contributed by atoms with Gasteiger partial charge in [0.1, 0.15) is 28.5 Å². The first kappa shape index (κ1) is 20.2. The van der Waals surface area contributed by atoms with Gasteiger partial charge in [-0.3, -0.25) is 4.79 Å². The van der Waals surface area contributed by atoms with Gasteiger partial charge in [0.05, 0.1) is 23.8 Å². The fourth-order valence-corrected chi connectivity index (χ4v) is 2.63. The number of imidazole rings is 1. The van der Waals surface area contributed by atoms with E-state index in [4.69, 9.17) is 4.74 Å². The molecule has 9 heteroatoms. The van der Waals surface area contributed by atoms with Crippen LogP contribution in [0.15, 0.2) is 36.7 Å². The van der Waals surface area contributed by atoms with Crippen molar-refractivity contribution in [2.75, 3.05) is 11.9 Å². The third kappa shape index (κ3) is 4.16. The van der Waals surface area contributed by atoms with Crippen LogP contribution >= 0.6 is 0 Å².